The summed E-state index contributed by atoms with van der Waals surface area (Å²) in [6.45, 7) is 0. The zero-order chi connectivity index (χ0) is 18.2. The van der Waals surface area contributed by atoms with Crippen LogP contribution in [0.15, 0.2) is 64.0 Å². The third kappa shape index (κ3) is 4.93. The first-order valence-corrected chi connectivity index (χ1v) is 9.66. The number of nitrogens with zero attached hydrogens (tertiary/aromatic N) is 2. The molecule has 0 spiro atoms. The summed E-state index contributed by atoms with van der Waals surface area (Å²) in [4.78, 5) is 16.3. The number of hydrazone groups is 1. The van der Waals surface area contributed by atoms with Gasteiger partial charge in [-0.25, -0.2) is 10.4 Å². The van der Waals surface area contributed by atoms with Gasteiger partial charge in [0.05, 0.1) is 23.1 Å². The van der Waals surface area contributed by atoms with Gasteiger partial charge in [0.1, 0.15) is 5.75 Å². The molecule has 2 aromatic carbocycles. The minimum Gasteiger partial charge on any atom is -0.496 e. The minimum atomic E-state index is -0.170. The van der Waals surface area contributed by atoms with Crippen molar-refractivity contribution in [3.63, 3.8) is 0 Å². The number of carbonyl (C=O) groups excluding carboxylic acids is 1. The minimum absolute atomic E-state index is 0.170. The van der Waals surface area contributed by atoms with Gasteiger partial charge < -0.3 is 4.74 Å². The number of aromatic nitrogens is 1. The largest absolute Gasteiger partial charge is 0.496 e. The zero-order valence-corrected chi connectivity index (χ0v) is 15.7. The molecule has 0 aliphatic carbocycles. The number of allylic oxidation sites excluding steroid dienone is 1. The number of hydrogen-bond donors (Lipinski definition) is 1. The van der Waals surface area contributed by atoms with Crippen LogP contribution in [0.3, 0.4) is 0 Å². The summed E-state index contributed by atoms with van der Waals surface area (Å²) in [5.41, 5.74) is 4.41. The normalized spacial score (nSPS) is 11.4. The van der Waals surface area contributed by atoms with Crippen LogP contribution in [0.5, 0.6) is 5.75 Å². The molecule has 0 saturated heterocycles. The Kier molecular flexibility index (Phi) is 6.40. The molecule has 0 aliphatic rings. The summed E-state index contributed by atoms with van der Waals surface area (Å²) in [7, 11) is 1.63. The molecule has 3 aromatic rings. The second-order valence-electron chi connectivity index (χ2n) is 5.15. The fraction of sp³-hybridized carbons (Fsp3) is 0.105. The number of methoxy groups -OCH3 is 1. The van der Waals surface area contributed by atoms with Gasteiger partial charge in [0.2, 0.25) is 0 Å². The summed E-state index contributed by atoms with van der Waals surface area (Å²) in [6.07, 6.45) is 5.15. The highest BCUT2D eigenvalue weighted by Gasteiger charge is 2.06. The highest BCUT2D eigenvalue weighted by Crippen LogP contribution is 2.28. The van der Waals surface area contributed by atoms with Gasteiger partial charge in [-0.2, -0.15) is 5.10 Å². The van der Waals surface area contributed by atoms with E-state index < -0.39 is 0 Å². The molecule has 1 N–H and O–H groups in total. The van der Waals surface area contributed by atoms with Crippen molar-refractivity contribution in [2.24, 2.45) is 5.10 Å². The Morgan fingerprint density at radius 2 is 2.08 bits per heavy atom. The number of hydrogen-bond acceptors (Lipinski definition) is 6. The van der Waals surface area contributed by atoms with E-state index in [2.05, 4.69) is 15.5 Å². The second kappa shape index (κ2) is 9.17. The molecule has 0 atom stereocenters. The number of fused-ring (bicyclic) bond motifs is 1. The van der Waals surface area contributed by atoms with E-state index in [9.17, 15) is 4.79 Å². The molecule has 0 saturated carbocycles. The predicted molar refractivity (Wildman–Crippen MR) is 109 cm³/mol. The van der Waals surface area contributed by atoms with Crippen molar-refractivity contribution in [2.45, 2.75) is 4.34 Å². The first-order valence-electron chi connectivity index (χ1n) is 7.86. The monoisotopic (exact) mass is 383 g/mol. The van der Waals surface area contributed by atoms with Gasteiger partial charge in [0, 0.05) is 11.8 Å². The Bertz CT molecular complexity index is 918. The molecule has 0 bridgehead atoms. The average molecular weight is 383 g/mol. The maximum absolute atomic E-state index is 11.9. The lowest BCUT2D eigenvalue weighted by Crippen LogP contribution is -2.19. The number of para-hydroxylation sites is 2. The Hall–Kier alpha value is -2.64. The number of thiazole rings is 1. The van der Waals surface area contributed by atoms with Gasteiger partial charge in [-0.1, -0.05) is 42.1 Å². The van der Waals surface area contributed by atoms with Crippen molar-refractivity contribution < 1.29 is 9.53 Å². The lowest BCUT2D eigenvalue weighted by atomic mass is 10.2. The summed E-state index contributed by atoms with van der Waals surface area (Å²) in [5, 5.41) is 3.91. The van der Waals surface area contributed by atoms with Crippen LogP contribution in [0.1, 0.15) is 5.56 Å². The van der Waals surface area contributed by atoms with Crippen LogP contribution in [-0.2, 0) is 4.79 Å². The van der Waals surface area contributed by atoms with Crippen LogP contribution < -0.4 is 10.2 Å². The molecule has 5 nitrogen and oxygen atoms in total. The van der Waals surface area contributed by atoms with Crippen LogP contribution >= 0.6 is 23.1 Å². The molecule has 1 aromatic heterocycles. The molecule has 7 heteroatoms. The van der Waals surface area contributed by atoms with Crippen LogP contribution in [0.2, 0.25) is 0 Å². The van der Waals surface area contributed by atoms with Crippen LogP contribution in [0.4, 0.5) is 0 Å². The highest BCUT2D eigenvalue weighted by atomic mass is 32.2. The smallest absolute Gasteiger partial charge is 0.250 e. The SMILES string of the molecule is COc1ccccc1/C=C/C=N\NC(=O)CSc1nc2ccccc2s1. The average Bonchev–Trinajstić information content (AvgIpc) is 3.09. The molecule has 0 unspecified atom stereocenters. The quantitative estimate of drug-likeness (QED) is 0.377. The van der Waals surface area contributed by atoms with E-state index in [0.29, 0.717) is 0 Å². The Labute approximate surface area is 159 Å². The molecule has 1 amide bonds. The number of amides is 1. The maximum atomic E-state index is 11.9. The molecule has 0 radical (unpaired) electrons. The van der Waals surface area contributed by atoms with Crippen molar-refractivity contribution in [1.29, 1.82) is 0 Å². The van der Waals surface area contributed by atoms with Crippen molar-refractivity contribution in [3.05, 3.63) is 60.2 Å². The van der Waals surface area contributed by atoms with Crippen LogP contribution in [-0.4, -0.2) is 30.0 Å². The fourth-order valence-corrected chi connectivity index (χ4v) is 4.04. The standard InChI is InChI=1S/C19H17N3O2S2/c1-24-16-10-4-2-7-14(16)8-6-12-20-22-18(23)13-25-19-21-15-9-3-5-11-17(15)26-19/h2-12H,13H2,1H3,(H,22,23)/b8-6+,20-12-. The lowest BCUT2D eigenvalue weighted by molar-refractivity contribution is -0.118. The van der Waals surface area contributed by atoms with Gasteiger partial charge in [-0.05, 0) is 30.4 Å². The van der Waals surface area contributed by atoms with Gasteiger partial charge >= 0.3 is 0 Å². The third-order valence-corrected chi connectivity index (χ3v) is 5.54. The second-order valence-corrected chi connectivity index (χ2v) is 7.40. The molecule has 132 valence electrons. The first kappa shape index (κ1) is 18.2. The number of nitrogens with one attached hydrogen (secondary N) is 1. The molecule has 1 heterocycles. The van der Waals surface area contributed by atoms with E-state index in [1.807, 2.05) is 54.6 Å². The number of carbonyl (C=O) groups is 1. The zero-order valence-electron chi connectivity index (χ0n) is 14.1. The van der Waals surface area contributed by atoms with E-state index in [0.717, 1.165) is 25.9 Å². The topological polar surface area (TPSA) is 63.6 Å². The summed E-state index contributed by atoms with van der Waals surface area (Å²) in [5.74, 6) is 0.887. The fourth-order valence-electron chi connectivity index (χ4n) is 2.18. The maximum Gasteiger partial charge on any atom is 0.250 e. The van der Waals surface area contributed by atoms with E-state index in [4.69, 9.17) is 4.74 Å². The van der Waals surface area contributed by atoms with Crippen molar-refractivity contribution >= 4 is 51.5 Å². The van der Waals surface area contributed by atoms with Crippen molar-refractivity contribution in [3.8, 4) is 5.75 Å². The van der Waals surface area contributed by atoms with Gasteiger partial charge in [0.15, 0.2) is 4.34 Å². The van der Waals surface area contributed by atoms with E-state index in [1.165, 1.54) is 18.0 Å². The van der Waals surface area contributed by atoms with Crippen molar-refractivity contribution in [2.75, 3.05) is 12.9 Å². The summed E-state index contributed by atoms with van der Waals surface area (Å²) < 4.78 is 7.26. The number of benzene rings is 2. The summed E-state index contributed by atoms with van der Waals surface area (Å²) >= 11 is 2.99. The van der Waals surface area contributed by atoms with Gasteiger partial charge in [0.25, 0.3) is 5.91 Å². The van der Waals surface area contributed by atoms with E-state index in [1.54, 1.807) is 24.5 Å². The molecule has 3 rings (SSSR count). The van der Waals surface area contributed by atoms with E-state index >= 15 is 0 Å². The Morgan fingerprint density at radius 1 is 1.27 bits per heavy atom. The molecule has 0 aliphatic heterocycles. The van der Waals surface area contributed by atoms with Gasteiger partial charge in [-0.15, -0.1) is 11.3 Å². The Balaban J connectivity index is 1.46. The molecule has 26 heavy (non-hydrogen) atoms. The number of thioether (sulfide) groups is 1. The third-order valence-electron chi connectivity index (χ3n) is 3.37. The Morgan fingerprint density at radius 3 is 2.92 bits per heavy atom. The number of rotatable bonds is 7. The summed E-state index contributed by atoms with van der Waals surface area (Å²) in [6, 6.07) is 15.6. The molecular formula is C19H17N3O2S2. The highest BCUT2D eigenvalue weighted by molar-refractivity contribution is 8.01. The first-order chi connectivity index (χ1) is 12.8. The lowest BCUT2D eigenvalue weighted by Gasteiger charge is -2.02. The predicted octanol–water partition coefficient (Wildman–Crippen LogP) is 4.21. The van der Waals surface area contributed by atoms with Crippen molar-refractivity contribution in [1.82, 2.24) is 10.4 Å². The number of ether oxygens (including phenoxy) is 1. The molecular weight excluding hydrogens is 366 g/mol. The van der Waals surface area contributed by atoms with Gasteiger partial charge in [-0.3, -0.25) is 4.79 Å². The van der Waals surface area contributed by atoms with Crippen LogP contribution in [0.25, 0.3) is 16.3 Å². The molecule has 0 fully saturated rings. The van der Waals surface area contributed by atoms with E-state index in [-0.39, 0.29) is 11.7 Å². The van der Waals surface area contributed by atoms with Crippen LogP contribution in [0, 0.1) is 0 Å².